The molecule has 0 atom stereocenters. The van der Waals surface area contributed by atoms with Crippen molar-refractivity contribution in [1.82, 2.24) is 0 Å². The van der Waals surface area contributed by atoms with Gasteiger partial charge in [0.25, 0.3) is 0 Å². The smallest absolute Gasteiger partial charge is 0.225 e. The first kappa shape index (κ1) is 22.9. The van der Waals surface area contributed by atoms with Gasteiger partial charge in [-0.3, -0.25) is 4.79 Å². The molecule has 0 fully saturated rings. The van der Waals surface area contributed by atoms with Gasteiger partial charge in [0.05, 0.1) is 0 Å². The Bertz CT molecular complexity index is 458. The van der Waals surface area contributed by atoms with Gasteiger partial charge in [-0.15, -0.1) is 0 Å². The SMILES string of the molecule is CC(C)=CCC/C(C)=C/CC(C/C=C(\C)CCC=C(C)C)C(=O)Cl. The van der Waals surface area contributed by atoms with Crippen LogP contribution in [-0.4, -0.2) is 5.24 Å². The number of halogens is 1. The van der Waals surface area contributed by atoms with Gasteiger partial charge in [-0.1, -0.05) is 46.6 Å². The molecule has 0 aliphatic carbocycles. The Morgan fingerprint density at radius 1 is 0.750 bits per heavy atom. The quantitative estimate of drug-likeness (QED) is 0.278. The summed E-state index contributed by atoms with van der Waals surface area (Å²) >= 11 is 5.79. The standard InChI is InChI=1S/C22H35ClO/c1-17(2)9-7-11-19(5)13-15-21(22(23)24)16-14-20(6)12-8-10-18(3)4/h9-10,13-14,21H,7-8,11-12,15-16H2,1-6H3/b19-13+,20-14+. The average Bonchev–Trinajstić information content (AvgIpc) is 2.45. The van der Waals surface area contributed by atoms with Crippen molar-refractivity contribution >= 4 is 16.8 Å². The highest BCUT2D eigenvalue weighted by atomic mass is 35.5. The molecule has 24 heavy (non-hydrogen) atoms. The fourth-order valence-electron chi connectivity index (χ4n) is 2.35. The van der Waals surface area contributed by atoms with Gasteiger partial charge in [0.15, 0.2) is 0 Å². The van der Waals surface area contributed by atoms with E-state index in [2.05, 4.69) is 65.8 Å². The molecule has 0 amide bonds. The third-order valence-electron chi connectivity index (χ3n) is 4.01. The number of carbonyl (C=O) groups excluding carboxylic acids is 1. The molecule has 0 aliphatic rings. The van der Waals surface area contributed by atoms with E-state index in [0.717, 1.165) is 38.5 Å². The molecular weight excluding hydrogens is 316 g/mol. The van der Waals surface area contributed by atoms with Crippen molar-refractivity contribution in [2.45, 2.75) is 80.1 Å². The largest absolute Gasteiger partial charge is 0.281 e. The van der Waals surface area contributed by atoms with Gasteiger partial charge in [-0.25, -0.2) is 0 Å². The normalized spacial score (nSPS) is 13.5. The van der Waals surface area contributed by atoms with Gasteiger partial charge < -0.3 is 0 Å². The number of carbonyl (C=O) groups is 1. The highest BCUT2D eigenvalue weighted by Gasteiger charge is 2.13. The van der Waals surface area contributed by atoms with E-state index < -0.39 is 0 Å². The van der Waals surface area contributed by atoms with Crippen molar-refractivity contribution < 1.29 is 4.79 Å². The van der Waals surface area contributed by atoms with E-state index in [1.54, 1.807) is 0 Å². The van der Waals surface area contributed by atoms with Crippen LogP contribution in [0.3, 0.4) is 0 Å². The summed E-state index contributed by atoms with van der Waals surface area (Å²) in [7, 11) is 0. The van der Waals surface area contributed by atoms with E-state index in [1.807, 2.05) is 0 Å². The Labute approximate surface area is 154 Å². The molecule has 0 N–H and O–H groups in total. The molecule has 0 spiro atoms. The zero-order valence-electron chi connectivity index (χ0n) is 16.4. The Hall–Kier alpha value is -1.08. The Kier molecular flexibility index (Phi) is 12.6. The molecule has 0 saturated carbocycles. The van der Waals surface area contributed by atoms with E-state index >= 15 is 0 Å². The fraction of sp³-hybridized carbons (Fsp3) is 0.591. The molecule has 1 nitrogen and oxygen atoms in total. The predicted molar refractivity (Wildman–Crippen MR) is 108 cm³/mol. The van der Waals surface area contributed by atoms with E-state index in [4.69, 9.17) is 11.6 Å². The molecule has 0 aromatic rings. The van der Waals surface area contributed by atoms with E-state index in [1.165, 1.54) is 22.3 Å². The van der Waals surface area contributed by atoms with Crippen molar-refractivity contribution in [3.63, 3.8) is 0 Å². The van der Waals surface area contributed by atoms with Crippen LogP contribution in [0.15, 0.2) is 46.6 Å². The van der Waals surface area contributed by atoms with Crippen molar-refractivity contribution in [3.8, 4) is 0 Å². The van der Waals surface area contributed by atoms with Gasteiger partial charge in [-0.2, -0.15) is 0 Å². The number of hydrogen-bond acceptors (Lipinski definition) is 1. The first-order valence-electron chi connectivity index (χ1n) is 8.99. The van der Waals surface area contributed by atoms with Gasteiger partial charge in [0, 0.05) is 5.92 Å². The molecule has 136 valence electrons. The first-order valence-corrected chi connectivity index (χ1v) is 9.37. The van der Waals surface area contributed by atoms with E-state index in [0.29, 0.717) is 0 Å². The summed E-state index contributed by atoms with van der Waals surface area (Å²) in [6, 6.07) is 0. The zero-order chi connectivity index (χ0) is 18.5. The summed E-state index contributed by atoms with van der Waals surface area (Å²) in [6.07, 6.45) is 14.5. The zero-order valence-corrected chi connectivity index (χ0v) is 17.2. The molecule has 0 aromatic carbocycles. The molecule has 0 rings (SSSR count). The minimum Gasteiger partial charge on any atom is -0.281 e. The lowest BCUT2D eigenvalue weighted by Crippen LogP contribution is -2.07. The summed E-state index contributed by atoms with van der Waals surface area (Å²) in [5.41, 5.74) is 5.37. The maximum Gasteiger partial charge on any atom is 0.225 e. The Morgan fingerprint density at radius 3 is 1.42 bits per heavy atom. The number of rotatable bonds is 11. The van der Waals surface area contributed by atoms with Gasteiger partial charge in [0.1, 0.15) is 0 Å². The van der Waals surface area contributed by atoms with Crippen LogP contribution in [0.1, 0.15) is 80.1 Å². The van der Waals surface area contributed by atoms with Crippen LogP contribution < -0.4 is 0 Å². The maximum atomic E-state index is 11.7. The summed E-state index contributed by atoms with van der Waals surface area (Å²) < 4.78 is 0. The number of hydrogen-bond donors (Lipinski definition) is 0. The highest BCUT2D eigenvalue weighted by Crippen LogP contribution is 2.19. The van der Waals surface area contributed by atoms with Crippen molar-refractivity contribution in [3.05, 3.63) is 46.6 Å². The molecule has 0 radical (unpaired) electrons. The van der Waals surface area contributed by atoms with E-state index in [9.17, 15) is 4.79 Å². The Morgan fingerprint density at radius 2 is 1.12 bits per heavy atom. The second kappa shape index (κ2) is 13.2. The van der Waals surface area contributed by atoms with Crippen molar-refractivity contribution in [1.29, 1.82) is 0 Å². The van der Waals surface area contributed by atoms with Gasteiger partial charge in [0.2, 0.25) is 5.24 Å². The summed E-state index contributed by atoms with van der Waals surface area (Å²) in [4.78, 5) is 11.7. The lowest BCUT2D eigenvalue weighted by Gasteiger charge is -2.09. The predicted octanol–water partition coefficient (Wildman–Crippen LogP) is 7.53. The summed E-state index contributed by atoms with van der Waals surface area (Å²) in [6.45, 7) is 12.7. The van der Waals surface area contributed by atoms with Crippen LogP contribution in [0.25, 0.3) is 0 Å². The monoisotopic (exact) mass is 350 g/mol. The second-order valence-corrected chi connectivity index (χ2v) is 7.59. The van der Waals surface area contributed by atoms with E-state index in [-0.39, 0.29) is 11.2 Å². The molecule has 0 bridgehead atoms. The molecule has 0 heterocycles. The topological polar surface area (TPSA) is 17.1 Å². The minimum atomic E-state index is -0.225. The highest BCUT2D eigenvalue weighted by molar-refractivity contribution is 6.64. The third kappa shape index (κ3) is 13.4. The fourth-order valence-corrected chi connectivity index (χ4v) is 2.53. The average molecular weight is 351 g/mol. The number of allylic oxidation sites excluding steroid dienone is 8. The second-order valence-electron chi connectivity index (χ2n) is 7.21. The van der Waals surface area contributed by atoms with Gasteiger partial charge >= 0.3 is 0 Å². The van der Waals surface area contributed by atoms with Crippen LogP contribution >= 0.6 is 11.6 Å². The molecular formula is C22H35ClO. The van der Waals surface area contributed by atoms with Gasteiger partial charge in [-0.05, 0) is 91.7 Å². The Balaban J connectivity index is 4.47. The summed E-state index contributed by atoms with van der Waals surface area (Å²) in [5, 5.41) is -0.225. The maximum absolute atomic E-state index is 11.7. The molecule has 0 unspecified atom stereocenters. The van der Waals surface area contributed by atoms with Crippen molar-refractivity contribution in [2.24, 2.45) is 5.92 Å². The van der Waals surface area contributed by atoms with Crippen LogP contribution in [0, 0.1) is 5.92 Å². The van der Waals surface area contributed by atoms with Crippen LogP contribution in [0.5, 0.6) is 0 Å². The first-order chi connectivity index (χ1) is 11.2. The third-order valence-corrected chi connectivity index (χ3v) is 4.31. The summed E-state index contributed by atoms with van der Waals surface area (Å²) in [5.74, 6) is -0.108. The minimum absolute atomic E-state index is 0.108. The molecule has 0 aromatic heterocycles. The molecule has 0 saturated heterocycles. The van der Waals surface area contributed by atoms with Crippen molar-refractivity contribution in [2.75, 3.05) is 0 Å². The van der Waals surface area contributed by atoms with Crippen LogP contribution in [0.2, 0.25) is 0 Å². The lowest BCUT2D eigenvalue weighted by molar-refractivity contribution is -0.114. The van der Waals surface area contributed by atoms with Crippen LogP contribution in [0.4, 0.5) is 0 Å². The molecule has 0 aliphatic heterocycles. The lowest BCUT2D eigenvalue weighted by atomic mass is 9.98. The van der Waals surface area contributed by atoms with Crippen LogP contribution in [-0.2, 0) is 4.79 Å². The molecule has 2 heteroatoms.